The van der Waals surface area contributed by atoms with Gasteiger partial charge in [-0.05, 0) is 18.4 Å². The number of hydrogen-bond acceptors (Lipinski definition) is 1. The molecule has 0 unspecified atom stereocenters. The molecule has 1 amide bonds. The number of benzene rings is 1. The molecule has 1 aliphatic rings. The van der Waals surface area contributed by atoms with E-state index in [-0.39, 0.29) is 5.91 Å². The average molecular weight is 174 g/mol. The lowest BCUT2D eigenvalue weighted by Crippen LogP contribution is -2.19. The normalized spacial score (nSPS) is 15.4. The van der Waals surface area contributed by atoms with Gasteiger partial charge in [0, 0.05) is 0 Å². The smallest absolute Gasteiger partial charge is 0.245 e. The maximum atomic E-state index is 11.3. The van der Waals surface area contributed by atoms with Crippen LogP contribution in [-0.4, -0.2) is 11.9 Å². The van der Waals surface area contributed by atoms with E-state index in [0.717, 1.165) is 18.4 Å². The Balaban J connectivity index is 1.86. The third-order valence-electron chi connectivity index (χ3n) is 2.07. The van der Waals surface area contributed by atoms with Gasteiger partial charge in [-0.3, -0.25) is 4.79 Å². The number of hydrogen-bond donors (Lipinski definition) is 0. The molecule has 0 N–H and O–H groups in total. The van der Waals surface area contributed by atoms with Gasteiger partial charge >= 0.3 is 0 Å². The van der Waals surface area contributed by atoms with Crippen molar-refractivity contribution in [3.05, 3.63) is 35.9 Å². The summed E-state index contributed by atoms with van der Waals surface area (Å²) in [5.41, 5.74) is 1.05. The fourth-order valence-corrected chi connectivity index (χ4v) is 1.22. The summed E-state index contributed by atoms with van der Waals surface area (Å²) >= 11 is 0. The Morgan fingerprint density at radius 1 is 1.31 bits per heavy atom. The van der Waals surface area contributed by atoms with E-state index >= 15 is 0 Å². The quantitative estimate of drug-likeness (QED) is 0.683. The molecule has 0 aromatic heterocycles. The maximum Gasteiger partial charge on any atom is 0.245 e. The molecule has 1 aliphatic carbocycles. The van der Waals surface area contributed by atoms with Crippen molar-refractivity contribution >= 4 is 5.91 Å². The molecule has 1 saturated carbocycles. The zero-order valence-corrected chi connectivity index (χ0v) is 7.44. The standard InChI is InChI=1S/C11H12NO/c13-11(12-10-6-7-10)8-9-4-2-1-3-5-9/h1-5,10H,6-8H2. The Morgan fingerprint density at radius 2 is 2.00 bits per heavy atom. The zero-order valence-electron chi connectivity index (χ0n) is 7.44. The molecule has 0 bridgehead atoms. The van der Waals surface area contributed by atoms with Crippen LogP contribution in [0.4, 0.5) is 0 Å². The first-order valence-electron chi connectivity index (χ1n) is 4.62. The van der Waals surface area contributed by atoms with E-state index < -0.39 is 0 Å². The van der Waals surface area contributed by atoms with Gasteiger partial charge in [0.2, 0.25) is 5.91 Å². The highest BCUT2D eigenvalue weighted by Gasteiger charge is 2.25. The zero-order chi connectivity index (χ0) is 9.10. The molecule has 1 aromatic carbocycles. The lowest BCUT2D eigenvalue weighted by Gasteiger charge is -1.99. The van der Waals surface area contributed by atoms with E-state index in [1.54, 1.807) is 0 Å². The monoisotopic (exact) mass is 174 g/mol. The van der Waals surface area contributed by atoms with Crippen molar-refractivity contribution in [3.8, 4) is 0 Å². The molecular weight excluding hydrogens is 162 g/mol. The highest BCUT2D eigenvalue weighted by molar-refractivity contribution is 5.78. The van der Waals surface area contributed by atoms with Crippen molar-refractivity contribution in [1.82, 2.24) is 5.32 Å². The molecule has 0 aliphatic heterocycles. The SMILES string of the molecule is O=C(Cc1ccccc1)[N]C1CC1. The third kappa shape index (κ3) is 2.58. The van der Waals surface area contributed by atoms with Gasteiger partial charge in [-0.15, -0.1) is 0 Å². The van der Waals surface area contributed by atoms with Gasteiger partial charge in [-0.1, -0.05) is 30.3 Å². The van der Waals surface area contributed by atoms with Crippen LogP contribution in [0.15, 0.2) is 30.3 Å². The van der Waals surface area contributed by atoms with Crippen LogP contribution in [0.1, 0.15) is 18.4 Å². The first-order valence-corrected chi connectivity index (χ1v) is 4.62. The van der Waals surface area contributed by atoms with E-state index in [1.165, 1.54) is 0 Å². The van der Waals surface area contributed by atoms with Crippen LogP contribution >= 0.6 is 0 Å². The molecule has 0 heterocycles. The summed E-state index contributed by atoms with van der Waals surface area (Å²) in [4.78, 5) is 11.3. The van der Waals surface area contributed by atoms with Crippen LogP contribution in [0, 0.1) is 0 Å². The van der Waals surface area contributed by atoms with E-state index in [2.05, 4.69) is 5.32 Å². The number of carbonyl (C=O) groups is 1. The topological polar surface area (TPSA) is 31.2 Å². The van der Waals surface area contributed by atoms with Gasteiger partial charge < -0.3 is 0 Å². The van der Waals surface area contributed by atoms with Crippen molar-refractivity contribution < 1.29 is 4.79 Å². The largest absolute Gasteiger partial charge is 0.273 e. The first-order chi connectivity index (χ1) is 6.34. The lowest BCUT2D eigenvalue weighted by atomic mass is 10.1. The number of nitrogens with zero attached hydrogens (tertiary/aromatic N) is 1. The molecule has 67 valence electrons. The van der Waals surface area contributed by atoms with Crippen molar-refractivity contribution in [3.63, 3.8) is 0 Å². The number of rotatable bonds is 3. The molecule has 2 heteroatoms. The predicted molar refractivity (Wildman–Crippen MR) is 50.3 cm³/mol. The summed E-state index contributed by atoms with van der Waals surface area (Å²) in [7, 11) is 0. The van der Waals surface area contributed by atoms with E-state index in [0.29, 0.717) is 12.5 Å². The first kappa shape index (κ1) is 8.30. The summed E-state index contributed by atoms with van der Waals surface area (Å²) < 4.78 is 0. The van der Waals surface area contributed by atoms with Gasteiger partial charge in [-0.2, -0.15) is 0 Å². The fraction of sp³-hybridized carbons (Fsp3) is 0.364. The minimum absolute atomic E-state index is 0.0219. The summed E-state index contributed by atoms with van der Waals surface area (Å²) in [6.45, 7) is 0. The van der Waals surface area contributed by atoms with Crippen LogP contribution in [0.2, 0.25) is 0 Å². The molecule has 13 heavy (non-hydrogen) atoms. The molecule has 1 radical (unpaired) electrons. The lowest BCUT2D eigenvalue weighted by molar-refractivity contribution is -0.120. The Bertz CT molecular complexity index is 290. The molecule has 0 spiro atoms. The molecule has 1 aromatic rings. The molecule has 0 atom stereocenters. The molecule has 0 saturated heterocycles. The maximum absolute atomic E-state index is 11.3. The number of amides is 1. The average Bonchev–Trinajstić information content (AvgIpc) is 2.90. The Kier molecular flexibility index (Phi) is 2.30. The van der Waals surface area contributed by atoms with E-state index in [4.69, 9.17) is 0 Å². The summed E-state index contributed by atoms with van der Waals surface area (Å²) in [5.74, 6) is 0.0219. The second-order valence-electron chi connectivity index (χ2n) is 3.42. The van der Waals surface area contributed by atoms with Crippen LogP contribution in [0.3, 0.4) is 0 Å². The van der Waals surface area contributed by atoms with Crippen LogP contribution in [0.5, 0.6) is 0 Å². The highest BCUT2D eigenvalue weighted by atomic mass is 16.1. The van der Waals surface area contributed by atoms with Gasteiger partial charge in [-0.25, -0.2) is 5.32 Å². The second-order valence-corrected chi connectivity index (χ2v) is 3.42. The molecule has 2 nitrogen and oxygen atoms in total. The third-order valence-corrected chi connectivity index (χ3v) is 2.07. The minimum Gasteiger partial charge on any atom is -0.273 e. The molecule has 2 rings (SSSR count). The second kappa shape index (κ2) is 3.60. The Morgan fingerprint density at radius 3 is 2.62 bits per heavy atom. The molecule has 1 fully saturated rings. The summed E-state index contributed by atoms with van der Waals surface area (Å²) in [6.07, 6.45) is 2.65. The van der Waals surface area contributed by atoms with E-state index in [1.807, 2.05) is 30.3 Å². The predicted octanol–water partition coefficient (Wildman–Crippen LogP) is 1.52. The Hall–Kier alpha value is -1.31. The minimum atomic E-state index is 0.0219. The Labute approximate surface area is 78.0 Å². The van der Waals surface area contributed by atoms with Crippen molar-refractivity contribution in [2.24, 2.45) is 0 Å². The highest BCUT2D eigenvalue weighted by Crippen LogP contribution is 2.20. The van der Waals surface area contributed by atoms with Crippen LogP contribution < -0.4 is 5.32 Å². The fourth-order valence-electron chi connectivity index (χ4n) is 1.22. The van der Waals surface area contributed by atoms with Crippen molar-refractivity contribution in [2.75, 3.05) is 0 Å². The molecular formula is C11H12NO. The van der Waals surface area contributed by atoms with E-state index in [9.17, 15) is 4.79 Å². The van der Waals surface area contributed by atoms with Crippen molar-refractivity contribution in [1.29, 1.82) is 0 Å². The summed E-state index contributed by atoms with van der Waals surface area (Å²) in [5, 5.41) is 4.04. The van der Waals surface area contributed by atoms with Crippen LogP contribution in [0.25, 0.3) is 0 Å². The van der Waals surface area contributed by atoms with Gasteiger partial charge in [0.05, 0.1) is 12.5 Å². The van der Waals surface area contributed by atoms with Gasteiger partial charge in [0.15, 0.2) is 0 Å². The van der Waals surface area contributed by atoms with Gasteiger partial charge in [0.25, 0.3) is 0 Å². The number of carbonyl (C=O) groups excluding carboxylic acids is 1. The summed E-state index contributed by atoms with van der Waals surface area (Å²) in [6, 6.07) is 10.1. The van der Waals surface area contributed by atoms with Crippen LogP contribution in [-0.2, 0) is 11.2 Å². The van der Waals surface area contributed by atoms with Gasteiger partial charge in [0.1, 0.15) is 0 Å². The van der Waals surface area contributed by atoms with Crippen molar-refractivity contribution in [2.45, 2.75) is 25.3 Å².